The number of hydrogen-bond donors (Lipinski definition) is 8. The fourth-order valence-corrected chi connectivity index (χ4v) is 5.54. The predicted molar refractivity (Wildman–Crippen MR) is 214 cm³/mol. The molecule has 4 amide bonds. The molecule has 0 saturated heterocycles. The largest absolute Gasteiger partial charge is 0.490 e. The van der Waals surface area contributed by atoms with Gasteiger partial charge < -0.3 is 42.9 Å². The van der Waals surface area contributed by atoms with Crippen molar-refractivity contribution in [2.45, 2.75) is 37.3 Å². The smallest absolute Gasteiger partial charge is 0.475 e. The number of fused-ring (bicyclic) bond motifs is 2. The van der Waals surface area contributed by atoms with Crippen LogP contribution < -0.4 is 32.7 Å². The van der Waals surface area contributed by atoms with E-state index in [1.807, 2.05) is 60.7 Å². The first kappa shape index (κ1) is 50.9. The van der Waals surface area contributed by atoms with E-state index in [1.54, 1.807) is 0 Å². The molecule has 10 N–H and O–H groups in total. The number of aliphatic carboxylic acids is 2. The van der Waals surface area contributed by atoms with E-state index >= 15 is 0 Å². The van der Waals surface area contributed by atoms with Crippen molar-refractivity contribution in [2.24, 2.45) is 11.5 Å². The maximum atomic E-state index is 13.5. The number of carboxylic acids is 2. The van der Waals surface area contributed by atoms with E-state index in [0.29, 0.717) is 12.8 Å². The highest BCUT2D eigenvalue weighted by molar-refractivity contribution is 6.29. The van der Waals surface area contributed by atoms with Gasteiger partial charge in [-0.3, -0.25) is 28.8 Å². The van der Waals surface area contributed by atoms with Crippen LogP contribution in [0.1, 0.15) is 63.7 Å². The van der Waals surface area contributed by atoms with E-state index in [1.165, 1.54) is 36.4 Å². The summed E-state index contributed by atoms with van der Waals surface area (Å²) in [5.41, 5.74) is 14.6. The molecule has 340 valence electrons. The summed E-state index contributed by atoms with van der Waals surface area (Å²) in [5, 5.41) is 25.0. The number of nitrogens with two attached hydrogens (primary N) is 2. The molecule has 4 aromatic carbocycles. The Morgan fingerprint density at radius 3 is 1.09 bits per heavy atom. The molecule has 0 heterocycles. The third-order valence-corrected chi connectivity index (χ3v) is 8.72. The highest BCUT2D eigenvalue weighted by Crippen LogP contribution is 2.29. The van der Waals surface area contributed by atoms with Crippen molar-refractivity contribution in [1.29, 1.82) is 0 Å². The summed E-state index contributed by atoms with van der Waals surface area (Å²) in [5.74, 6) is -8.11. The number of ketones is 2. The lowest BCUT2D eigenvalue weighted by Gasteiger charge is -2.19. The zero-order valence-corrected chi connectivity index (χ0v) is 33.2. The number of benzene rings is 4. The standard InChI is InChI=1S/C38H38N6O6.2C2HF3O2/c39-31(19-23-7-3-1-4-8-23)37(49)43-17-15-41-35(47)25-11-13-27-29(21-25)34(46)30-22-26(12-14-28(30)33(27)45)36(48)42-16-18-44-38(50)32(40)20-24-9-5-2-6-10-24;2*3-2(4,5)1(6)7/h1-14,21-22,31-32H,15-20,39-40H2,(H,41,47)(H,42,48)(H,43,49)(H,44,50);2*(H,6,7)/t31-,32-;;/m0../s1. The number of carbonyl (C=O) groups is 8. The van der Waals surface area contributed by atoms with Gasteiger partial charge in [-0.1, -0.05) is 60.7 Å². The first-order valence-electron chi connectivity index (χ1n) is 18.7. The Labute approximate surface area is 359 Å². The number of rotatable bonds is 14. The van der Waals surface area contributed by atoms with E-state index < -0.39 is 59.8 Å². The first-order valence-corrected chi connectivity index (χ1v) is 18.7. The molecule has 0 aromatic heterocycles. The van der Waals surface area contributed by atoms with Crippen LogP contribution in [0.5, 0.6) is 0 Å². The van der Waals surface area contributed by atoms with Gasteiger partial charge in [-0.05, 0) is 60.4 Å². The molecule has 64 heavy (non-hydrogen) atoms. The molecule has 2 atom stereocenters. The molecule has 1 aliphatic carbocycles. The van der Waals surface area contributed by atoms with Gasteiger partial charge in [0.2, 0.25) is 11.8 Å². The topological polar surface area (TPSA) is 277 Å². The Balaban J connectivity index is 0.000000671. The van der Waals surface area contributed by atoms with Crippen LogP contribution in [-0.2, 0) is 32.0 Å². The summed E-state index contributed by atoms with van der Waals surface area (Å²) in [6, 6.07) is 25.7. The minimum Gasteiger partial charge on any atom is -0.475 e. The Kier molecular flexibility index (Phi) is 18.4. The SMILES string of the molecule is N[C@@H](Cc1ccccc1)C(=O)NCCNC(=O)c1ccc2c(c1)C(=O)c1cc(C(=O)NCCNC(=O)[C@@H](N)Cc3ccccc3)ccc1C2=O.O=C(O)C(F)(F)F.O=C(O)C(F)(F)F. The Hall–Kier alpha value is -7.46. The van der Waals surface area contributed by atoms with Gasteiger partial charge >= 0.3 is 24.3 Å². The number of hydrogen-bond acceptors (Lipinski definition) is 10. The average molecular weight is 903 g/mol. The monoisotopic (exact) mass is 902 g/mol. The lowest BCUT2D eigenvalue weighted by atomic mass is 9.82. The van der Waals surface area contributed by atoms with Crippen molar-refractivity contribution >= 4 is 47.1 Å². The molecule has 0 fully saturated rings. The molecule has 4 aromatic rings. The predicted octanol–water partition coefficient (Wildman–Crippen LogP) is 2.56. The van der Waals surface area contributed by atoms with Gasteiger partial charge in [0, 0.05) is 59.6 Å². The Morgan fingerprint density at radius 1 is 0.484 bits per heavy atom. The van der Waals surface area contributed by atoms with Gasteiger partial charge in [0.25, 0.3) is 11.8 Å². The van der Waals surface area contributed by atoms with Crippen LogP contribution in [0.3, 0.4) is 0 Å². The number of carbonyl (C=O) groups excluding carboxylic acids is 6. The van der Waals surface area contributed by atoms with E-state index in [-0.39, 0.29) is 71.4 Å². The van der Waals surface area contributed by atoms with Gasteiger partial charge in [0.1, 0.15) is 0 Å². The number of amides is 4. The number of alkyl halides is 6. The van der Waals surface area contributed by atoms with Gasteiger partial charge in [-0.25, -0.2) is 9.59 Å². The van der Waals surface area contributed by atoms with Crippen LogP contribution >= 0.6 is 0 Å². The van der Waals surface area contributed by atoms with Crippen LogP contribution in [-0.4, -0.2) is 108 Å². The quantitative estimate of drug-likeness (QED) is 0.0590. The lowest BCUT2D eigenvalue weighted by Crippen LogP contribution is -2.44. The second kappa shape index (κ2) is 23.1. The number of halogens is 6. The van der Waals surface area contributed by atoms with Gasteiger partial charge in [0.15, 0.2) is 11.6 Å². The molecule has 22 heteroatoms. The molecule has 0 radical (unpaired) electrons. The van der Waals surface area contributed by atoms with Crippen molar-refractivity contribution in [3.63, 3.8) is 0 Å². The molecule has 0 spiro atoms. The summed E-state index contributed by atoms with van der Waals surface area (Å²) < 4.78 is 63.5. The zero-order valence-electron chi connectivity index (χ0n) is 33.2. The van der Waals surface area contributed by atoms with Crippen molar-refractivity contribution in [3.8, 4) is 0 Å². The maximum absolute atomic E-state index is 13.5. The Morgan fingerprint density at radius 2 is 0.781 bits per heavy atom. The Bertz CT molecular complexity index is 2190. The zero-order chi connectivity index (χ0) is 47.8. The third kappa shape index (κ3) is 15.5. The van der Waals surface area contributed by atoms with E-state index in [2.05, 4.69) is 21.3 Å². The van der Waals surface area contributed by atoms with Crippen LogP contribution in [0.25, 0.3) is 0 Å². The molecule has 5 rings (SSSR count). The molecule has 0 unspecified atom stereocenters. The maximum Gasteiger partial charge on any atom is 0.490 e. The second-order valence-electron chi connectivity index (χ2n) is 13.5. The van der Waals surface area contributed by atoms with E-state index in [4.69, 9.17) is 31.3 Å². The highest BCUT2D eigenvalue weighted by Gasteiger charge is 2.39. The van der Waals surface area contributed by atoms with E-state index in [9.17, 15) is 55.1 Å². The molecular weight excluding hydrogens is 862 g/mol. The van der Waals surface area contributed by atoms with Crippen LogP contribution in [0.4, 0.5) is 26.3 Å². The molecule has 0 aliphatic heterocycles. The summed E-state index contributed by atoms with van der Waals surface area (Å²) in [7, 11) is 0. The van der Waals surface area contributed by atoms with Gasteiger partial charge in [-0.2, -0.15) is 26.3 Å². The average Bonchev–Trinajstić information content (AvgIpc) is 3.25. The van der Waals surface area contributed by atoms with Crippen molar-refractivity contribution in [1.82, 2.24) is 21.3 Å². The van der Waals surface area contributed by atoms with Crippen LogP contribution in [0, 0.1) is 0 Å². The molecule has 16 nitrogen and oxygen atoms in total. The summed E-state index contributed by atoms with van der Waals surface area (Å²) in [6.45, 7) is 0.500. The molecular formula is C42H40F6N6O10. The number of carboxylic acid groups (broad SMARTS) is 2. The lowest BCUT2D eigenvalue weighted by molar-refractivity contribution is -0.193. The fraction of sp³-hybridized carbons (Fsp3) is 0.238. The van der Waals surface area contributed by atoms with Crippen LogP contribution in [0.15, 0.2) is 97.1 Å². The first-order chi connectivity index (χ1) is 30.0. The molecule has 0 saturated carbocycles. The fourth-order valence-electron chi connectivity index (χ4n) is 5.54. The summed E-state index contributed by atoms with van der Waals surface area (Å²) in [4.78, 5) is 95.1. The minimum absolute atomic E-state index is 0.0439. The second-order valence-corrected chi connectivity index (χ2v) is 13.5. The van der Waals surface area contributed by atoms with Gasteiger partial charge in [-0.15, -0.1) is 0 Å². The highest BCUT2D eigenvalue weighted by atomic mass is 19.4. The third-order valence-electron chi connectivity index (χ3n) is 8.72. The van der Waals surface area contributed by atoms with Gasteiger partial charge in [0.05, 0.1) is 12.1 Å². The normalized spacial score (nSPS) is 12.6. The van der Waals surface area contributed by atoms with Crippen LogP contribution in [0.2, 0.25) is 0 Å². The van der Waals surface area contributed by atoms with Crippen molar-refractivity contribution < 1.29 is 74.9 Å². The summed E-state index contributed by atoms with van der Waals surface area (Å²) >= 11 is 0. The van der Waals surface area contributed by atoms with E-state index in [0.717, 1.165) is 11.1 Å². The molecule has 1 aliphatic rings. The van der Waals surface area contributed by atoms with Crippen molar-refractivity contribution in [3.05, 3.63) is 142 Å². The minimum atomic E-state index is -5.08. The summed E-state index contributed by atoms with van der Waals surface area (Å²) in [6.07, 6.45) is -9.41. The van der Waals surface area contributed by atoms with Crippen molar-refractivity contribution in [2.75, 3.05) is 26.2 Å². The molecule has 0 bridgehead atoms. The number of nitrogens with one attached hydrogen (secondary N) is 4.